The molecule has 0 N–H and O–H groups in total. The maximum absolute atomic E-state index is 12.1. The van der Waals surface area contributed by atoms with Crippen molar-refractivity contribution >= 4 is 27.6 Å². The van der Waals surface area contributed by atoms with E-state index >= 15 is 0 Å². The van der Waals surface area contributed by atoms with Gasteiger partial charge in [-0.3, -0.25) is 19.7 Å². The second-order valence-corrected chi connectivity index (χ2v) is 5.89. The molecule has 2 rings (SSSR count). The molecule has 1 heterocycles. The van der Waals surface area contributed by atoms with Crippen molar-refractivity contribution in [2.24, 2.45) is 0 Å². The summed E-state index contributed by atoms with van der Waals surface area (Å²) < 4.78 is 29.2. The predicted molar refractivity (Wildman–Crippen MR) is 68.0 cm³/mol. The van der Waals surface area contributed by atoms with E-state index in [1.54, 1.807) is 0 Å². The summed E-state index contributed by atoms with van der Waals surface area (Å²) in [5.41, 5.74) is -0.733. The molecule has 1 aromatic rings. The lowest BCUT2D eigenvalue weighted by Crippen LogP contribution is -2.35. The van der Waals surface area contributed by atoms with E-state index in [4.69, 9.17) is 0 Å². The maximum atomic E-state index is 12.1. The number of hydrogen-bond acceptors (Lipinski definition) is 7. The van der Waals surface area contributed by atoms with Crippen LogP contribution in [0, 0.1) is 10.1 Å². The van der Waals surface area contributed by atoms with Gasteiger partial charge in [-0.25, -0.2) is 12.7 Å². The van der Waals surface area contributed by atoms with Crippen LogP contribution in [0.5, 0.6) is 0 Å². The van der Waals surface area contributed by atoms with Crippen LogP contribution in [0.15, 0.2) is 23.1 Å². The Morgan fingerprint density at radius 2 is 2.10 bits per heavy atom. The molecule has 0 fully saturated rings. The monoisotopic (exact) mass is 314 g/mol. The zero-order chi connectivity index (χ0) is 15.8. The number of carbonyl (C=O) groups excluding carboxylic acids is 2. The molecule has 0 spiro atoms. The number of benzene rings is 1. The van der Waals surface area contributed by atoms with E-state index in [0.717, 1.165) is 18.2 Å². The van der Waals surface area contributed by atoms with Crippen molar-refractivity contribution in [2.75, 3.05) is 13.2 Å². The number of carbonyl (C=O) groups is 2. The first kappa shape index (κ1) is 14.9. The van der Waals surface area contributed by atoms with Crippen molar-refractivity contribution in [3.63, 3.8) is 0 Å². The number of ether oxygens (including phenoxy) is 1. The second kappa shape index (κ2) is 5.13. The third kappa shape index (κ3) is 2.44. The molecule has 112 valence electrons. The van der Waals surface area contributed by atoms with Gasteiger partial charge in [0.15, 0.2) is 0 Å². The first-order valence-corrected chi connectivity index (χ1v) is 7.24. The fraction of sp³-hybridized carbons (Fsp3) is 0.273. The second-order valence-electron chi connectivity index (χ2n) is 4.06. The minimum Gasteiger partial charge on any atom is -0.465 e. The van der Waals surface area contributed by atoms with Crippen LogP contribution in [-0.2, 0) is 19.6 Å². The van der Waals surface area contributed by atoms with E-state index in [1.807, 2.05) is 0 Å². The van der Waals surface area contributed by atoms with E-state index in [2.05, 4.69) is 4.74 Å². The lowest BCUT2D eigenvalue weighted by atomic mass is 10.2. The van der Waals surface area contributed by atoms with Gasteiger partial charge in [-0.2, -0.15) is 0 Å². The van der Waals surface area contributed by atoms with Crippen molar-refractivity contribution < 1.29 is 27.7 Å². The van der Waals surface area contributed by atoms with E-state index in [-0.39, 0.29) is 17.1 Å². The quantitative estimate of drug-likeness (QED) is 0.444. The van der Waals surface area contributed by atoms with Crippen molar-refractivity contribution in [2.45, 2.75) is 11.8 Å². The summed E-state index contributed by atoms with van der Waals surface area (Å²) in [6.45, 7) is 0.813. The van der Waals surface area contributed by atoms with Crippen molar-refractivity contribution in [3.8, 4) is 0 Å². The predicted octanol–water partition coefficient (Wildman–Crippen LogP) is 0.302. The van der Waals surface area contributed by atoms with Crippen molar-refractivity contribution in [1.29, 1.82) is 0 Å². The summed E-state index contributed by atoms with van der Waals surface area (Å²) in [4.78, 5) is 33.0. The zero-order valence-electron chi connectivity index (χ0n) is 10.8. The standard InChI is InChI=1S/C11H10N2O7S/c1-2-20-10(14)6-12-11(15)8-5-7(13(16)17)3-4-9(8)21(12,18)19/h3-5H,2,6H2,1H3. The molecule has 0 aliphatic carbocycles. The summed E-state index contributed by atoms with van der Waals surface area (Å²) in [5, 5.41) is 10.7. The van der Waals surface area contributed by atoms with Gasteiger partial charge in [-0.1, -0.05) is 0 Å². The number of nitro groups is 1. The first-order valence-electron chi connectivity index (χ1n) is 5.80. The van der Waals surface area contributed by atoms with Crippen LogP contribution in [0.3, 0.4) is 0 Å². The SMILES string of the molecule is CCOC(=O)CN1C(=O)c2cc([N+](=O)[O-])ccc2S1(=O)=O. The Morgan fingerprint density at radius 3 is 2.67 bits per heavy atom. The Kier molecular flexibility index (Phi) is 3.64. The van der Waals surface area contributed by atoms with Gasteiger partial charge in [0.1, 0.15) is 11.4 Å². The normalized spacial score (nSPS) is 15.7. The molecule has 0 saturated carbocycles. The Morgan fingerprint density at radius 1 is 1.43 bits per heavy atom. The Balaban J connectivity index is 2.44. The lowest BCUT2D eigenvalue weighted by Gasteiger charge is -2.13. The van der Waals surface area contributed by atoms with Gasteiger partial charge in [0.05, 0.1) is 17.1 Å². The number of non-ortho nitro benzene ring substituents is 1. The van der Waals surface area contributed by atoms with Gasteiger partial charge in [0.25, 0.3) is 21.6 Å². The minimum atomic E-state index is -4.19. The number of nitrogens with zero attached hydrogens (tertiary/aromatic N) is 2. The molecule has 0 saturated heterocycles. The summed E-state index contributed by atoms with van der Waals surface area (Å²) in [6, 6.07) is 2.84. The molecule has 1 amide bonds. The van der Waals surface area contributed by atoms with Crippen LogP contribution in [0.4, 0.5) is 5.69 Å². The van der Waals surface area contributed by atoms with Crippen LogP contribution in [0.25, 0.3) is 0 Å². The minimum absolute atomic E-state index is 0.0410. The average Bonchev–Trinajstić information content (AvgIpc) is 2.60. The number of amides is 1. The Labute approximate surface area is 119 Å². The maximum Gasteiger partial charge on any atom is 0.326 e. The highest BCUT2D eigenvalue weighted by Crippen LogP contribution is 2.32. The molecule has 0 radical (unpaired) electrons. The first-order chi connectivity index (χ1) is 9.78. The molecule has 1 aliphatic heterocycles. The van der Waals surface area contributed by atoms with Gasteiger partial charge in [0.2, 0.25) is 0 Å². The zero-order valence-corrected chi connectivity index (χ0v) is 11.6. The summed E-state index contributed by atoms with van der Waals surface area (Å²) in [7, 11) is -4.19. The van der Waals surface area contributed by atoms with E-state index in [1.165, 1.54) is 6.92 Å². The molecule has 1 aromatic carbocycles. The van der Waals surface area contributed by atoms with Gasteiger partial charge >= 0.3 is 5.97 Å². The molecule has 0 aromatic heterocycles. The van der Waals surface area contributed by atoms with E-state index < -0.39 is 39.1 Å². The van der Waals surface area contributed by atoms with Gasteiger partial charge in [0, 0.05) is 12.1 Å². The van der Waals surface area contributed by atoms with Crippen molar-refractivity contribution in [3.05, 3.63) is 33.9 Å². The Bertz CT molecular complexity index is 741. The van der Waals surface area contributed by atoms with E-state index in [0.29, 0.717) is 4.31 Å². The summed E-state index contributed by atoms with van der Waals surface area (Å²) >= 11 is 0. The fourth-order valence-electron chi connectivity index (χ4n) is 1.87. The molecular weight excluding hydrogens is 304 g/mol. The van der Waals surface area contributed by atoms with Crippen LogP contribution in [0.2, 0.25) is 0 Å². The molecule has 0 bridgehead atoms. The van der Waals surface area contributed by atoms with Gasteiger partial charge in [-0.15, -0.1) is 0 Å². The number of nitro benzene ring substituents is 1. The number of esters is 1. The number of fused-ring (bicyclic) bond motifs is 1. The molecule has 9 nitrogen and oxygen atoms in total. The highest BCUT2D eigenvalue weighted by atomic mass is 32.2. The third-order valence-electron chi connectivity index (χ3n) is 2.78. The van der Waals surface area contributed by atoms with Crippen molar-refractivity contribution in [1.82, 2.24) is 4.31 Å². The van der Waals surface area contributed by atoms with E-state index in [9.17, 15) is 28.1 Å². The summed E-state index contributed by atoms with van der Waals surface area (Å²) in [6.07, 6.45) is 0. The molecular formula is C11H10N2O7S. The highest BCUT2D eigenvalue weighted by molar-refractivity contribution is 7.90. The molecule has 1 aliphatic rings. The topological polar surface area (TPSA) is 124 Å². The molecule has 0 unspecified atom stereocenters. The van der Waals surface area contributed by atoms with Gasteiger partial charge in [-0.05, 0) is 13.0 Å². The van der Waals surface area contributed by atoms with Crippen LogP contribution in [0.1, 0.15) is 17.3 Å². The fourth-order valence-corrected chi connectivity index (χ4v) is 3.36. The Hall–Kier alpha value is -2.49. The van der Waals surface area contributed by atoms with Gasteiger partial charge < -0.3 is 4.74 Å². The van der Waals surface area contributed by atoms with Crippen LogP contribution < -0.4 is 0 Å². The number of hydrogen-bond donors (Lipinski definition) is 0. The number of rotatable bonds is 4. The highest BCUT2D eigenvalue weighted by Gasteiger charge is 2.43. The molecule has 21 heavy (non-hydrogen) atoms. The smallest absolute Gasteiger partial charge is 0.326 e. The van der Waals surface area contributed by atoms with Crippen LogP contribution in [-0.4, -0.2) is 42.7 Å². The third-order valence-corrected chi connectivity index (χ3v) is 4.56. The summed E-state index contributed by atoms with van der Waals surface area (Å²) in [5.74, 6) is -1.86. The number of sulfonamides is 1. The largest absolute Gasteiger partial charge is 0.465 e. The lowest BCUT2D eigenvalue weighted by molar-refractivity contribution is -0.384. The van der Waals surface area contributed by atoms with Crippen LogP contribution >= 0.6 is 0 Å². The average molecular weight is 314 g/mol. The molecule has 10 heteroatoms. The molecule has 0 atom stereocenters.